The lowest BCUT2D eigenvalue weighted by molar-refractivity contribution is 0.246. The van der Waals surface area contributed by atoms with Crippen LogP contribution in [0, 0.1) is 0 Å². The molecule has 2 heterocycles. The van der Waals surface area contributed by atoms with Gasteiger partial charge in [-0.15, -0.1) is 0 Å². The fourth-order valence-corrected chi connectivity index (χ4v) is 2.41. The number of hydrogen-bond acceptors (Lipinski definition) is 1. The van der Waals surface area contributed by atoms with Crippen molar-refractivity contribution in [3.63, 3.8) is 0 Å². The van der Waals surface area contributed by atoms with Gasteiger partial charge in [-0.25, -0.2) is 0 Å². The Morgan fingerprint density at radius 3 is 2.71 bits per heavy atom. The van der Waals surface area contributed by atoms with E-state index in [1.54, 1.807) is 0 Å². The van der Waals surface area contributed by atoms with Gasteiger partial charge < -0.3 is 9.30 Å². The number of likely N-dealkylation sites (N-methyl/N-ethyl adjacent to an activating group) is 1. The SMILES string of the molecule is CCC(Cc1ccn2ccccc12)N(C)CC. The third-order valence-electron chi connectivity index (χ3n) is 3.70. The first kappa shape index (κ1) is 12.2. The average Bonchev–Trinajstić information content (AvgIpc) is 2.78. The van der Waals surface area contributed by atoms with Crippen molar-refractivity contribution in [3.8, 4) is 0 Å². The molecule has 0 aliphatic rings. The molecule has 2 rings (SSSR count). The van der Waals surface area contributed by atoms with E-state index < -0.39 is 0 Å². The molecule has 2 aromatic heterocycles. The highest BCUT2D eigenvalue weighted by atomic mass is 15.1. The van der Waals surface area contributed by atoms with Gasteiger partial charge in [0.1, 0.15) is 0 Å². The first-order chi connectivity index (χ1) is 8.26. The van der Waals surface area contributed by atoms with Gasteiger partial charge in [0.05, 0.1) is 0 Å². The summed E-state index contributed by atoms with van der Waals surface area (Å²) < 4.78 is 2.20. The van der Waals surface area contributed by atoms with Crippen molar-refractivity contribution in [2.75, 3.05) is 13.6 Å². The molecule has 0 amide bonds. The first-order valence-electron chi connectivity index (χ1n) is 6.51. The second-order valence-electron chi connectivity index (χ2n) is 4.67. The van der Waals surface area contributed by atoms with Crippen molar-refractivity contribution in [1.82, 2.24) is 9.30 Å². The van der Waals surface area contributed by atoms with E-state index in [9.17, 15) is 0 Å². The van der Waals surface area contributed by atoms with Crippen molar-refractivity contribution < 1.29 is 0 Å². The van der Waals surface area contributed by atoms with Crippen LogP contribution in [-0.4, -0.2) is 28.9 Å². The first-order valence-corrected chi connectivity index (χ1v) is 6.51. The van der Waals surface area contributed by atoms with Gasteiger partial charge >= 0.3 is 0 Å². The Balaban J connectivity index is 2.22. The van der Waals surface area contributed by atoms with Crippen LogP contribution in [0.4, 0.5) is 0 Å². The molecule has 0 bridgehead atoms. The Bertz CT molecular complexity index is 472. The maximum absolute atomic E-state index is 2.44. The molecule has 0 aliphatic carbocycles. The van der Waals surface area contributed by atoms with Crippen molar-refractivity contribution in [3.05, 3.63) is 42.2 Å². The molecule has 92 valence electrons. The number of fused-ring (bicyclic) bond motifs is 1. The van der Waals surface area contributed by atoms with Crippen molar-refractivity contribution >= 4 is 5.52 Å². The second kappa shape index (κ2) is 5.37. The molecule has 2 aromatic rings. The van der Waals surface area contributed by atoms with E-state index in [2.05, 4.69) is 66.9 Å². The Hall–Kier alpha value is -1.28. The second-order valence-corrected chi connectivity index (χ2v) is 4.67. The van der Waals surface area contributed by atoms with E-state index in [0.717, 1.165) is 13.0 Å². The zero-order chi connectivity index (χ0) is 12.3. The Kier molecular flexibility index (Phi) is 3.85. The highest BCUT2D eigenvalue weighted by molar-refractivity contribution is 5.55. The van der Waals surface area contributed by atoms with Gasteiger partial charge in [-0.1, -0.05) is 19.9 Å². The van der Waals surface area contributed by atoms with Gasteiger partial charge in [0.15, 0.2) is 0 Å². The van der Waals surface area contributed by atoms with Gasteiger partial charge in [0.2, 0.25) is 0 Å². The number of nitrogens with zero attached hydrogens (tertiary/aromatic N) is 2. The minimum atomic E-state index is 0.645. The lowest BCUT2D eigenvalue weighted by atomic mass is 10.0. The van der Waals surface area contributed by atoms with E-state index >= 15 is 0 Å². The summed E-state index contributed by atoms with van der Waals surface area (Å²) in [6.45, 7) is 5.61. The van der Waals surface area contributed by atoms with Gasteiger partial charge in [0.25, 0.3) is 0 Å². The standard InChI is InChI=1S/C15H22N2/c1-4-14(16(3)5-2)12-13-9-11-17-10-7-6-8-15(13)17/h6-11,14H,4-5,12H2,1-3H3. The molecule has 0 N–H and O–H groups in total. The topological polar surface area (TPSA) is 7.65 Å². The third kappa shape index (κ3) is 2.52. The number of aromatic nitrogens is 1. The fourth-order valence-electron chi connectivity index (χ4n) is 2.41. The highest BCUT2D eigenvalue weighted by Gasteiger charge is 2.13. The summed E-state index contributed by atoms with van der Waals surface area (Å²) in [5.74, 6) is 0. The van der Waals surface area contributed by atoms with Gasteiger partial charge in [-0.2, -0.15) is 0 Å². The number of hydrogen-bond donors (Lipinski definition) is 0. The molecular formula is C15H22N2. The molecule has 0 saturated heterocycles. The van der Waals surface area contributed by atoms with Gasteiger partial charge in [-0.3, -0.25) is 0 Å². The molecule has 2 nitrogen and oxygen atoms in total. The highest BCUT2D eigenvalue weighted by Crippen LogP contribution is 2.17. The molecule has 0 aliphatic heterocycles. The van der Waals surface area contributed by atoms with Crippen LogP contribution in [0.15, 0.2) is 36.7 Å². The van der Waals surface area contributed by atoms with Crippen LogP contribution in [0.1, 0.15) is 25.8 Å². The molecule has 0 aromatic carbocycles. The normalized spacial score (nSPS) is 13.4. The lowest BCUT2D eigenvalue weighted by Gasteiger charge is -2.25. The van der Waals surface area contributed by atoms with Crippen molar-refractivity contribution in [2.45, 2.75) is 32.7 Å². The summed E-state index contributed by atoms with van der Waals surface area (Å²) in [7, 11) is 2.21. The quantitative estimate of drug-likeness (QED) is 0.765. The Labute approximate surface area is 104 Å². The smallest absolute Gasteiger partial charge is 0.0482 e. The summed E-state index contributed by atoms with van der Waals surface area (Å²) in [5, 5.41) is 0. The zero-order valence-electron chi connectivity index (χ0n) is 11.1. The van der Waals surface area contributed by atoms with Crippen molar-refractivity contribution in [2.24, 2.45) is 0 Å². The van der Waals surface area contributed by atoms with Crippen LogP contribution in [-0.2, 0) is 6.42 Å². The van der Waals surface area contributed by atoms with E-state index in [0.29, 0.717) is 6.04 Å². The minimum absolute atomic E-state index is 0.645. The van der Waals surface area contributed by atoms with Crippen LogP contribution < -0.4 is 0 Å². The van der Waals surface area contributed by atoms with E-state index in [1.807, 2.05) is 0 Å². The van der Waals surface area contributed by atoms with E-state index in [-0.39, 0.29) is 0 Å². The summed E-state index contributed by atoms with van der Waals surface area (Å²) in [4.78, 5) is 2.44. The molecular weight excluding hydrogens is 208 g/mol. The van der Waals surface area contributed by atoms with Crippen molar-refractivity contribution in [1.29, 1.82) is 0 Å². The molecule has 2 heteroatoms. The molecule has 1 unspecified atom stereocenters. The molecule has 0 spiro atoms. The molecule has 0 saturated carbocycles. The molecule has 17 heavy (non-hydrogen) atoms. The van der Waals surface area contributed by atoms with Gasteiger partial charge in [-0.05, 0) is 50.2 Å². The Morgan fingerprint density at radius 1 is 1.18 bits per heavy atom. The van der Waals surface area contributed by atoms with Gasteiger partial charge in [0, 0.05) is 24.0 Å². The molecule has 0 fully saturated rings. The largest absolute Gasteiger partial charge is 0.324 e. The average molecular weight is 230 g/mol. The van der Waals surface area contributed by atoms with Crippen LogP contribution >= 0.6 is 0 Å². The third-order valence-corrected chi connectivity index (χ3v) is 3.70. The predicted octanol–water partition coefficient (Wildman–Crippen LogP) is 3.21. The summed E-state index contributed by atoms with van der Waals surface area (Å²) in [5.41, 5.74) is 2.80. The lowest BCUT2D eigenvalue weighted by Crippen LogP contribution is -2.32. The Morgan fingerprint density at radius 2 is 2.00 bits per heavy atom. The molecule has 0 radical (unpaired) electrons. The maximum Gasteiger partial charge on any atom is 0.0482 e. The zero-order valence-corrected chi connectivity index (χ0v) is 11.1. The monoisotopic (exact) mass is 230 g/mol. The van der Waals surface area contributed by atoms with E-state index in [4.69, 9.17) is 0 Å². The maximum atomic E-state index is 2.44. The molecule has 1 atom stereocenters. The van der Waals surface area contributed by atoms with Crippen LogP contribution in [0.25, 0.3) is 5.52 Å². The summed E-state index contributed by atoms with van der Waals surface area (Å²) in [6.07, 6.45) is 6.61. The summed E-state index contributed by atoms with van der Waals surface area (Å²) >= 11 is 0. The van der Waals surface area contributed by atoms with Crippen LogP contribution in [0.5, 0.6) is 0 Å². The minimum Gasteiger partial charge on any atom is -0.324 e. The predicted molar refractivity (Wildman–Crippen MR) is 73.5 cm³/mol. The number of pyridine rings is 1. The number of rotatable bonds is 5. The summed E-state index contributed by atoms with van der Waals surface area (Å²) in [6, 6.07) is 9.29. The van der Waals surface area contributed by atoms with E-state index in [1.165, 1.54) is 17.5 Å². The fraction of sp³-hybridized carbons (Fsp3) is 0.467. The van der Waals surface area contributed by atoms with Crippen LogP contribution in [0.2, 0.25) is 0 Å². The van der Waals surface area contributed by atoms with Crippen LogP contribution in [0.3, 0.4) is 0 Å².